The molecule has 76 valence electrons. The molecule has 0 saturated carbocycles. The third-order valence-electron chi connectivity index (χ3n) is 2.35. The van der Waals surface area contributed by atoms with Crippen molar-refractivity contribution in [1.29, 1.82) is 0 Å². The van der Waals surface area contributed by atoms with Gasteiger partial charge in [0.25, 0.3) is 0 Å². The minimum atomic E-state index is 0.221. The maximum absolute atomic E-state index is 11.3. The molecule has 0 aliphatic carbocycles. The van der Waals surface area contributed by atoms with E-state index < -0.39 is 0 Å². The molecule has 1 rings (SSSR count). The van der Waals surface area contributed by atoms with Gasteiger partial charge in [0.15, 0.2) is 0 Å². The number of amides is 1. The van der Waals surface area contributed by atoms with Gasteiger partial charge in [-0.3, -0.25) is 4.79 Å². The summed E-state index contributed by atoms with van der Waals surface area (Å²) in [6.45, 7) is 5.15. The molecule has 1 aliphatic rings. The van der Waals surface area contributed by atoms with E-state index in [0.717, 1.165) is 32.7 Å². The Hall–Kier alpha value is -0.610. The summed E-state index contributed by atoms with van der Waals surface area (Å²) in [5, 5.41) is 3.29. The van der Waals surface area contributed by atoms with Gasteiger partial charge < -0.3 is 15.1 Å². The van der Waals surface area contributed by atoms with Gasteiger partial charge in [-0.15, -0.1) is 0 Å². The maximum atomic E-state index is 11.3. The normalized spacial score (nSPS) is 18.6. The van der Waals surface area contributed by atoms with Gasteiger partial charge in [-0.1, -0.05) is 0 Å². The number of hydrogen-bond acceptors (Lipinski definition) is 3. The Bertz CT molecular complexity index is 164. The van der Waals surface area contributed by atoms with Crippen molar-refractivity contribution in [2.45, 2.75) is 6.42 Å². The van der Waals surface area contributed by atoms with Crippen LogP contribution >= 0.6 is 0 Å². The van der Waals surface area contributed by atoms with E-state index in [1.165, 1.54) is 0 Å². The lowest BCUT2D eigenvalue weighted by molar-refractivity contribution is -0.129. The minimum Gasteiger partial charge on any atom is -0.349 e. The smallest absolute Gasteiger partial charge is 0.223 e. The van der Waals surface area contributed by atoms with E-state index >= 15 is 0 Å². The third-order valence-corrected chi connectivity index (χ3v) is 2.35. The van der Waals surface area contributed by atoms with Gasteiger partial charge in [-0.2, -0.15) is 0 Å². The first-order valence-electron chi connectivity index (χ1n) is 4.83. The van der Waals surface area contributed by atoms with Crippen LogP contribution in [-0.4, -0.2) is 62.5 Å². The van der Waals surface area contributed by atoms with Crippen molar-refractivity contribution in [3.8, 4) is 0 Å². The van der Waals surface area contributed by atoms with Crippen LogP contribution in [-0.2, 0) is 4.79 Å². The van der Waals surface area contributed by atoms with Crippen LogP contribution in [0.2, 0.25) is 0 Å². The zero-order valence-electron chi connectivity index (χ0n) is 8.55. The fraction of sp³-hybridized carbons (Fsp3) is 0.889. The molecule has 0 spiro atoms. The predicted octanol–water partition coefficient (Wildman–Crippen LogP) is -0.630. The average Bonchev–Trinajstić information content (AvgIpc) is 2.15. The largest absolute Gasteiger partial charge is 0.349 e. The summed E-state index contributed by atoms with van der Waals surface area (Å²) in [5.41, 5.74) is 0. The Morgan fingerprint density at radius 2 is 2.00 bits per heavy atom. The molecule has 0 atom stereocenters. The molecule has 1 heterocycles. The van der Waals surface area contributed by atoms with Gasteiger partial charge in [0.05, 0.1) is 0 Å². The van der Waals surface area contributed by atoms with Gasteiger partial charge in [-0.25, -0.2) is 0 Å². The monoisotopic (exact) mass is 185 g/mol. The molecule has 1 amide bonds. The first-order chi connectivity index (χ1) is 6.20. The highest BCUT2D eigenvalue weighted by molar-refractivity contribution is 5.75. The van der Waals surface area contributed by atoms with Crippen LogP contribution in [0.1, 0.15) is 6.42 Å². The van der Waals surface area contributed by atoms with E-state index in [0.29, 0.717) is 6.42 Å². The summed E-state index contributed by atoms with van der Waals surface area (Å²) < 4.78 is 0. The fourth-order valence-corrected chi connectivity index (χ4v) is 1.41. The highest BCUT2D eigenvalue weighted by atomic mass is 16.2. The van der Waals surface area contributed by atoms with Gasteiger partial charge in [0.2, 0.25) is 5.91 Å². The van der Waals surface area contributed by atoms with E-state index in [1.807, 2.05) is 0 Å². The molecular weight excluding hydrogens is 166 g/mol. The van der Waals surface area contributed by atoms with Crippen LogP contribution in [0.15, 0.2) is 0 Å². The standard InChI is InChI=1S/C9H19N3O/c1-11(2)9(13)3-6-12-7-4-10-5-8-12/h10H,3-8H2,1-2H3. The number of hydrogen-bond donors (Lipinski definition) is 1. The zero-order chi connectivity index (χ0) is 9.68. The van der Waals surface area contributed by atoms with Crippen molar-refractivity contribution >= 4 is 5.91 Å². The second kappa shape index (κ2) is 5.19. The Morgan fingerprint density at radius 1 is 1.38 bits per heavy atom. The second-order valence-electron chi connectivity index (χ2n) is 3.63. The zero-order valence-corrected chi connectivity index (χ0v) is 8.55. The maximum Gasteiger partial charge on any atom is 0.223 e. The quantitative estimate of drug-likeness (QED) is 0.636. The Labute approximate surface area is 79.9 Å². The van der Waals surface area contributed by atoms with E-state index in [2.05, 4.69) is 10.2 Å². The number of piperazine rings is 1. The van der Waals surface area contributed by atoms with Crippen LogP contribution in [0, 0.1) is 0 Å². The molecule has 1 saturated heterocycles. The molecule has 0 unspecified atom stereocenters. The number of rotatable bonds is 3. The highest BCUT2D eigenvalue weighted by Crippen LogP contribution is 1.95. The summed E-state index contributed by atoms with van der Waals surface area (Å²) >= 11 is 0. The number of carbonyl (C=O) groups excluding carboxylic acids is 1. The van der Waals surface area contributed by atoms with Gasteiger partial charge in [0, 0.05) is 53.2 Å². The number of nitrogens with zero attached hydrogens (tertiary/aromatic N) is 2. The molecule has 4 heteroatoms. The summed E-state index contributed by atoms with van der Waals surface area (Å²) in [7, 11) is 3.61. The van der Waals surface area contributed by atoms with Crippen molar-refractivity contribution < 1.29 is 4.79 Å². The molecule has 1 fully saturated rings. The third kappa shape index (κ3) is 3.74. The Balaban J connectivity index is 2.13. The second-order valence-corrected chi connectivity index (χ2v) is 3.63. The molecule has 0 aromatic rings. The van der Waals surface area contributed by atoms with E-state index in [1.54, 1.807) is 19.0 Å². The summed E-state index contributed by atoms with van der Waals surface area (Å²) in [6.07, 6.45) is 0.646. The van der Waals surface area contributed by atoms with Crippen LogP contribution < -0.4 is 5.32 Å². The van der Waals surface area contributed by atoms with Gasteiger partial charge >= 0.3 is 0 Å². The molecule has 1 aliphatic heterocycles. The van der Waals surface area contributed by atoms with Crippen molar-refractivity contribution in [1.82, 2.24) is 15.1 Å². The fourth-order valence-electron chi connectivity index (χ4n) is 1.41. The lowest BCUT2D eigenvalue weighted by Gasteiger charge is -2.27. The molecule has 1 N–H and O–H groups in total. The first-order valence-corrected chi connectivity index (χ1v) is 4.83. The molecule has 0 bridgehead atoms. The molecule has 0 radical (unpaired) electrons. The molecule has 4 nitrogen and oxygen atoms in total. The average molecular weight is 185 g/mol. The Morgan fingerprint density at radius 3 is 2.54 bits per heavy atom. The highest BCUT2D eigenvalue weighted by Gasteiger charge is 2.11. The van der Waals surface area contributed by atoms with E-state index in [4.69, 9.17) is 0 Å². The molecular formula is C9H19N3O. The summed E-state index contributed by atoms with van der Waals surface area (Å²) in [5.74, 6) is 0.221. The van der Waals surface area contributed by atoms with E-state index in [9.17, 15) is 4.79 Å². The summed E-state index contributed by atoms with van der Waals surface area (Å²) in [6, 6.07) is 0. The van der Waals surface area contributed by atoms with Crippen LogP contribution in [0.5, 0.6) is 0 Å². The van der Waals surface area contributed by atoms with Gasteiger partial charge in [0.1, 0.15) is 0 Å². The van der Waals surface area contributed by atoms with Crippen LogP contribution in [0.4, 0.5) is 0 Å². The van der Waals surface area contributed by atoms with Crippen LogP contribution in [0.25, 0.3) is 0 Å². The van der Waals surface area contributed by atoms with Crippen molar-refractivity contribution in [2.75, 3.05) is 46.8 Å². The molecule has 0 aromatic heterocycles. The van der Waals surface area contributed by atoms with Gasteiger partial charge in [-0.05, 0) is 0 Å². The van der Waals surface area contributed by atoms with Crippen molar-refractivity contribution in [2.24, 2.45) is 0 Å². The Kier molecular flexibility index (Phi) is 4.18. The number of carbonyl (C=O) groups is 1. The minimum absolute atomic E-state index is 0.221. The molecule has 13 heavy (non-hydrogen) atoms. The molecule has 0 aromatic carbocycles. The lowest BCUT2D eigenvalue weighted by Crippen LogP contribution is -2.44. The van der Waals surface area contributed by atoms with Crippen LogP contribution in [0.3, 0.4) is 0 Å². The SMILES string of the molecule is CN(C)C(=O)CCN1CCNCC1. The topological polar surface area (TPSA) is 35.6 Å². The van der Waals surface area contributed by atoms with Crippen molar-refractivity contribution in [3.63, 3.8) is 0 Å². The van der Waals surface area contributed by atoms with E-state index in [-0.39, 0.29) is 5.91 Å². The first kappa shape index (κ1) is 10.5. The lowest BCUT2D eigenvalue weighted by atomic mass is 10.3. The predicted molar refractivity (Wildman–Crippen MR) is 52.6 cm³/mol. The van der Waals surface area contributed by atoms with Crippen molar-refractivity contribution in [3.05, 3.63) is 0 Å². The number of nitrogens with one attached hydrogen (secondary N) is 1. The summed E-state index contributed by atoms with van der Waals surface area (Å²) in [4.78, 5) is 15.3.